The molecule has 0 radical (unpaired) electrons. The lowest BCUT2D eigenvalue weighted by Crippen LogP contribution is -2.32. The number of hydrogen-bond donors (Lipinski definition) is 1. The molecule has 4 rings (SSSR count). The van der Waals surface area contributed by atoms with Crippen molar-refractivity contribution in [1.29, 1.82) is 0 Å². The molecule has 0 aliphatic rings. The third kappa shape index (κ3) is 3.25. The second-order valence-electron chi connectivity index (χ2n) is 6.12. The molecule has 1 aromatic carbocycles. The molecule has 4 aromatic rings. The first-order valence-electron chi connectivity index (χ1n) is 8.17. The number of rotatable bonds is 5. The van der Waals surface area contributed by atoms with Gasteiger partial charge in [0.05, 0.1) is 23.5 Å². The van der Waals surface area contributed by atoms with E-state index in [2.05, 4.69) is 30.6 Å². The minimum Gasteiger partial charge on any atom is -0.350 e. The third-order valence-corrected chi connectivity index (χ3v) is 5.50. The van der Waals surface area contributed by atoms with Gasteiger partial charge in [0.2, 0.25) is 0 Å². The summed E-state index contributed by atoms with van der Waals surface area (Å²) in [6, 6.07) is 9.46. The lowest BCUT2D eigenvalue weighted by Gasteiger charge is -2.19. The molecule has 3 aromatic heterocycles. The highest BCUT2D eigenvalue weighted by atomic mass is 32.1. The maximum Gasteiger partial charge on any atom is 0.251 e. The minimum absolute atomic E-state index is 0.0384. The van der Waals surface area contributed by atoms with Crippen molar-refractivity contribution in [1.82, 2.24) is 23.8 Å². The zero-order chi connectivity index (χ0) is 18.1. The summed E-state index contributed by atoms with van der Waals surface area (Å²) >= 11 is 2.79. The van der Waals surface area contributed by atoms with Gasteiger partial charge in [0.1, 0.15) is 11.0 Å². The summed E-state index contributed by atoms with van der Waals surface area (Å²) in [4.78, 5) is 12.6. The number of amides is 1. The van der Waals surface area contributed by atoms with E-state index in [4.69, 9.17) is 0 Å². The molecule has 0 spiro atoms. The van der Waals surface area contributed by atoms with Crippen LogP contribution in [-0.4, -0.2) is 31.0 Å². The van der Waals surface area contributed by atoms with E-state index in [1.54, 1.807) is 23.5 Å². The van der Waals surface area contributed by atoms with E-state index in [0.29, 0.717) is 12.1 Å². The SMILES string of the molecule is Cc1cc(C)n(C(CNC(=O)c2ccc3nsnc3c2)c2ccsc2)n1. The van der Waals surface area contributed by atoms with E-state index in [-0.39, 0.29) is 11.9 Å². The maximum atomic E-state index is 12.6. The zero-order valence-electron chi connectivity index (χ0n) is 14.3. The van der Waals surface area contributed by atoms with Crippen LogP contribution in [0, 0.1) is 13.8 Å². The van der Waals surface area contributed by atoms with Crippen molar-refractivity contribution in [2.45, 2.75) is 19.9 Å². The fourth-order valence-corrected chi connectivity index (χ4v) is 4.21. The Kier molecular flexibility index (Phi) is 4.52. The van der Waals surface area contributed by atoms with Crippen LogP contribution in [0.4, 0.5) is 0 Å². The smallest absolute Gasteiger partial charge is 0.251 e. The Morgan fingerprint density at radius 1 is 1.19 bits per heavy atom. The van der Waals surface area contributed by atoms with Crippen molar-refractivity contribution >= 4 is 40.0 Å². The number of nitrogens with zero attached hydrogens (tertiary/aromatic N) is 4. The quantitative estimate of drug-likeness (QED) is 0.572. The summed E-state index contributed by atoms with van der Waals surface area (Å²) in [6.45, 7) is 4.47. The van der Waals surface area contributed by atoms with Crippen LogP contribution in [0.2, 0.25) is 0 Å². The van der Waals surface area contributed by atoms with E-state index in [1.807, 2.05) is 36.0 Å². The van der Waals surface area contributed by atoms with E-state index >= 15 is 0 Å². The lowest BCUT2D eigenvalue weighted by atomic mass is 10.1. The highest BCUT2D eigenvalue weighted by Gasteiger charge is 2.19. The van der Waals surface area contributed by atoms with Crippen molar-refractivity contribution in [2.75, 3.05) is 6.54 Å². The van der Waals surface area contributed by atoms with Crippen molar-refractivity contribution in [3.05, 3.63) is 63.6 Å². The average molecular weight is 384 g/mol. The molecule has 6 nitrogen and oxygen atoms in total. The van der Waals surface area contributed by atoms with E-state index in [0.717, 1.165) is 39.7 Å². The highest BCUT2D eigenvalue weighted by Crippen LogP contribution is 2.22. The first-order valence-corrected chi connectivity index (χ1v) is 9.84. The Labute approximate surface area is 158 Å². The van der Waals surface area contributed by atoms with Crippen LogP contribution in [0.5, 0.6) is 0 Å². The number of fused-ring (bicyclic) bond motifs is 1. The van der Waals surface area contributed by atoms with Gasteiger partial charge >= 0.3 is 0 Å². The standard InChI is InChI=1S/C18H17N5OS2/c1-11-7-12(2)23(20-11)17(14-5-6-25-10-14)9-19-18(24)13-3-4-15-16(8-13)22-26-21-15/h3-8,10,17H,9H2,1-2H3,(H,19,24). The molecule has 0 aliphatic carbocycles. The molecule has 0 saturated carbocycles. The van der Waals surface area contributed by atoms with Gasteiger partial charge in [-0.2, -0.15) is 25.2 Å². The molecule has 8 heteroatoms. The van der Waals surface area contributed by atoms with Gasteiger partial charge in [0, 0.05) is 17.8 Å². The molecule has 1 unspecified atom stereocenters. The van der Waals surface area contributed by atoms with E-state index in [9.17, 15) is 4.79 Å². The Morgan fingerprint density at radius 2 is 2.04 bits per heavy atom. The van der Waals surface area contributed by atoms with Crippen LogP contribution in [-0.2, 0) is 0 Å². The van der Waals surface area contributed by atoms with Crippen LogP contribution in [0.1, 0.15) is 33.4 Å². The van der Waals surface area contributed by atoms with Gasteiger partial charge in [-0.05, 0) is 60.5 Å². The lowest BCUT2D eigenvalue weighted by molar-refractivity contribution is 0.0949. The molecule has 0 bridgehead atoms. The van der Waals surface area contributed by atoms with Gasteiger partial charge < -0.3 is 5.32 Å². The normalized spacial score (nSPS) is 12.4. The van der Waals surface area contributed by atoms with Gasteiger partial charge in [0.15, 0.2) is 0 Å². The van der Waals surface area contributed by atoms with Crippen molar-refractivity contribution in [3.63, 3.8) is 0 Å². The van der Waals surface area contributed by atoms with Gasteiger partial charge in [-0.25, -0.2) is 0 Å². The Morgan fingerprint density at radius 3 is 2.77 bits per heavy atom. The number of aryl methyl sites for hydroxylation is 2. The van der Waals surface area contributed by atoms with Crippen molar-refractivity contribution in [2.24, 2.45) is 0 Å². The van der Waals surface area contributed by atoms with Gasteiger partial charge in [-0.15, -0.1) is 0 Å². The van der Waals surface area contributed by atoms with Gasteiger partial charge in [0.25, 0.3) is 5.91 Å². The van der Waals surface area contributed by atoms with Crippen molar-refractivity contribution in [3.8, 4) is 0 Å². The van der Waals surface area contributed by atoms with Crippen molar-refractivity contribution < 1.29 is 4.79 Å². The van der Waals surface area contributed by atoms with Crippen LogP contribution in [0.15, 0.2) is 41.1 Å². The predicted octanol–water partition coefficient (Wildman–Crippen LogP) is 3.59. The Bertz CT molecular complexity index is 1050. The molecule has 3 heterocycles. The summed E-state index contributed by atoms with van der Waals surface area (Å²) in [5.41, 5.74) is 5.32. The molecule has 0 fully saturated rings. The molecule has 1 atom stereocenters. The van der Waals surface area contributed by atoms with Crippen LogP contribution >= 0.6 is 23.1 Å². The second kappa shape index (κ2) is 6.97. The number of hydrogen-bond acceptors (Lipinski definition) is 6. The molecular weight excluding hydrogens is 366 g/mol. The molecule has 1 N–H and O–H groups in total. The molecule has 132 valence electrons. The van der Waals surface area contributed by atoms with Crippen LogP contribution in [0.3, 0.4) is 0 Å². The topological polar surface area (TPSA) is 72.7 Å². The number of carbonyl (C=O) groups excluding carboxylic acids is 1. The molecule has 0 saturated heterocycles. The molecule has 0 aliphatic heterocycles. The highest BCUT2D eigenvalue weighted by molar-refractivity contribution is 7.08. The first kappa shape index (κ1) is 16.9. The fraction of sp³-hybridized carbons (Fsp3) is 0.222. The van der Waals surface area contributed by atoms with E-state index in [1.165, 1.54) is 0 Å². The molecule has 1 amide bonds. The number of benzene rings is 1. The van der Waals surface area contributed by atoms with Gasteiger partial charge in [-0.3, -0.25) is 9.48 Å². The summed E-state index contributed by atoms with van der Waals surface area (Å²) < 4.78 is 10.3. The first-order chi connectivity index (χ1) is 12.6. The van der Waals surface area contributed by atoms with Crippen LogP contribution in [0.25, 0.3) is 11.0 Å². The zero-order valence-corrected chi connectivity index (χ0v) is 16.0. The van der Waals surface area contributed by atoms with E-state index < -0.39 is 0 Å². The molecule has 26 heavy (non-hydrogen) atoms. The summed E-state index contributed by atoms with van der Waals surface area (Å²) in [7, 11) is 0. The summed E-state index contributed by atoms with van der Waals surface area (Å²) in [5.74, 6) is -0.123. The monoisotopic (exact) mass is 383 g/mol. The number of nitrogens with one attached hydrogen (secondary N) is 1. The largest absolute Gasteiger partial charge is 0.350 e. The second-order valence-corrected chi connectivity index (χ2v) is 7.43. The Hall–Kier alpha value is -2.58. The number of aromatic nitrogens is 4. The van der Waals surface area contributed by atoms with Gasteiger partial charge in [-0.1, -0.05) is 0 Å². The number of carbonyl (C=O) groups is 1. The maximum absolute atomic E-state index is 12.6. The minimum atomic E-state index is -0.123. The third-order valence-electron chi connectivity index (χ3n) is 4.24. The number of thiophene rings is 1. The summed E-state index contributed by atoms with van der Waals surface area (Å²) in [5, 5.41) is 11.8. The summed E-state index contributed by atoms with van der Waals surface area (Å²) in [6.07, 6.45) is 0. The Balaban J connectivity index is 1.56. The predicted molar refractivity (Wildman–Crippen MR) is 104 cm³/mol. The van der Waals surface area contributed by atoms with Crippen LogP contribution < -0.4 is 5.32 Å². The average Bonchev–Trinajstić information content (AvgIpc) is 3.36. The molecular formula is C18H17N5OS2. The fourth-order valence-electron chi connectivity index (χ4n) is 2.99.